The van der Waals surface area contributed by atoms with Gasteiger partial charge in [0.15, 0.2) is 0 Å². The van der Waals surface area contributed by atoms with Gasteiger partial charge in [-0.25, -0.2) is 4.39 Å². The van der Waals surface area contributed by atoms with Crippen molar-refractivity contribution >= 4 is 17.5 Å². The monoisotopic (exact) mass is 251 g/mol. The molecule has 0 aliphatic rings. The van der Waals surface area contributed by atoms with Gasteiger partial charge < -0.3 is 4.74 Å². The highest BCUT2D eigenvalue weighted by atomic mass is 35.5. The summed E-state index contributed by atoms with van der Waals surface area (Å²) in [5.41, 5.74) is 1.59. The fraction of sp³-hybridized carbons (Fsp3) is 0.0769. The highest BCUT2D eigenvalue weighted by molar-refractivity contribution is 6.23. The van der Waals surface area contributed by atoms with E-state index in [4.69, 9.17) is 16.5 Å². The van der Waals surface area contributed by atoms with Crippen molar-refractivity contribution in [1.29, 1.82) is 0 Å². The van der Waals surface area contributed by atoms with Crippen LogP contribution in [-0.2, 0) is 6.61 Å². The summed E-state index contributed by atoms with van der Waals surface area (Å²) in [6.45, 7) is 0.339. The third-order valence-electron chi connectivity index (χ3n) is 2.26. The van der Waals surface area contributed by atoms with Crippen LogP contribution < -0.4 is 9.57 Å². The van der Waals surface area contributed by atoms with Gasteiger partial charge in [0, 0.05) is 17.5 Å². The Morgan fingerprint density at radius 1 is 1.12 bits per heavy atom. The highest BCUT2D eigenvalue weighted by Crippen LogP contribution is 2.17. The number of ether oxygens (including phenoxy) is 1. The van der Waals surface area contributed by atoms with Gasteiger partial charge >= 0.3 is 0 Å². The van der Waals surface area contributed by atoms with Crippen molar-refractivity contribution in [2.45, 2.75) is 6.61 Å². The van der Waals surface area contributed by atoms with Crippen molar-refractivity contribution in [3.63, 3.8) is 0 Å². The summed E-state index contributed by atoms with van der Waals surface area (Å²) in [5.74, 6) is 0.456. The van der Waals surface area contributed by atoms with Crippen LogP contribution in [0.25, 0.3) is 0 Å². The normalized spacial score (nSPS) is 10.0. The molecule has 0 aromatic heterocycles. The predicted molar refractivity (Wildman–Crippen MR) is 66.6 cm³/mol. The lowest BCUT2D eigenvalue weighted by Crippen LogP contribution is -1.95. The smallest absolute Gasteiger partial charge is 0.123 e. The van der Waals surface area contributed by atoms with Gasteiger partial charge in [-0.15, -0.1) is 0 Å². The Labute approximate surface area is 104 Å². The Bertz CT molecular complexity index is 487. The van der Waals surface area contributed by atoms with Crippen molar-refractivity contribution in [1.82, 2.24) is 0 Å². The molecule has 0 radical (unpaired) electrons. The number of anilines is 1. The Morgan fingerprint density at radius 2 is 1.88 bits per heavy atom. The van der Waals surface area contributed by atoms with Crippen molar-refractivity contribution in [3.05, 3.63) is 59.9 Å². The topological polar surface area (TPSA) is 21.3 Å². The van der Waals surface area contributed by atoms with Crippen molar-refractivity contribution in [2.75, 3.05) is 4.84 Å². The summed E-state index contributed by atoms with van der Waals surface area (Å²) < 4.78 is 18.4. The summed E-state index contributed by atoms with van der Waals surface area (Å²) in [4.78, 5) is 2.50. The first kappa shape index (κ1) is 11.7. The first-order valence-corrected chi connectivity index (χ1v) is 5.50. The average Bonchev–Trinajstić information content (AvgIpc) is 2.37. The maximum Gasteiger partial charge on any atom is 0.123 e. The first-order valence-electron chi connectivity index (χ1n) is 5.12. The van der Waals surface area contributed by atoms with E-state index in [0.717, 1.165) is 11.3 Å². The summed E-state index contributed by atoms with van der Waals surface area (Å²) in [6.07, 6.45) is 0. The van der Waals surface area contributed by atoms with Gasteiger partial charge in [0.2, 0.25) is 0 Å². The molecule has 2 aromatic rings. The first-order chi connectivity index (χ1) is 8.28. The number of nitrogens with one attached hydrogen (secondary N) is 1. The zero-order chi connectivity index (χ0) is 12.1. The fourth-order valence-electron chi connectivity index (χ4n) is 1.41. The van der Waals surface area contributed by atoms with Crippen LogP contribution in [0.5, 0.6) is 5.75 Å². The second-order valence-corrected chi connectivity index (χ2v) is 3.73. The van der Waals surface area contributed by atoms with E-state index in [1.165, 1.54) is 12.1 Å². The number of halogens is 2. The van der Waals surface area contributed by atoms with E-state index < -0.39 is 0 Å². The van der Waals surface area contributed by atoms with E-state index in [0.29, 0.717) is 12.4 Å². The Morgan fingerprint density at radius 3 is 2.53 bits per heavy atom. The van der Waals surface area contributed by atoms with Gasteiger partial charge in [-0.2, -0.15) is 0 Å². The molecule has 0 unspecified atom stereocenters. The van der Waals surface area contributed by atoms with E-state index in [2.05, 4.69) is 4.84 Å². The second-order valence-electron chi connectivity index (χ2n) is 3.54. The molecule has 88 valence electrons. The standard InChI is InChI=1S/C13H11ClFNO/c14-16-12-4-6-13(7-5-12)17-9-10-2-1-3-11(15)8-10/h1-8,16H,9H2. The molecule has 1 N–H and O–H groups in total. The van der Waals surface area contributed by atoms with Gasteiger partial charge in [-0.1, -0.05) is 12.1 Å². The summed E-state index contributed by atoms with van der Waals surface area (Å²) in [6, 6.07) is 13.5. The van der Waals surface area contributed by atoms with Gasteiger partial charge in [0.1, 0.15) is 18.2 Å². The molecule has 0 atom stereocenters. The minimum Gasteiger partial charge on any atom is -0.489 e. The molecule has 2 rings (SSSR count). The molecule has 2 aromatic carbocycles. The van der Waals surface area contributed by atoms with Crippen molar-refractivity contribution in [2.24, 2.45) is 0 Å². The number of hydrogen-bond donors (Lipinski definition) is 1. The van der Waals surface area contributed by atoms with Crippen LogP contribution >= 0.6 is 11.8 Å². The average molecular weight is 252 g/mol. The molecule has 0 amide bonds. The van der Waals surface area contributed by atoms with Crippen LogP contribution in [0.1, 0.15) is 5.56 Å². The number of rotatable bonds is 4. The van der Waals surface area contributed by atoms with E-state index in [1.807, 2.05) is 6.07 Å². The number of hydrogen-bond acceptors (Lipinski definition) is 2. The van der Waals surface area contributed by atoms with Gasteiger partial charge in [-0.05, 0) is 42.0 Å². The SMILES string of the molecule is Fc1cccc(COc2ccc(NCl)cc2)c1. The van der Waals surface area contributed by atoms with Crippen molar-refractivity contribution in [3.8, 4) is 5.75 Å². The lowest BCUT2D eigenvalue weighted by Gasteiger charge is -2.06. The summed E-state index contributed by atoms with van der Waals surface area (Å²) >= 11 is 5.44. The molecule has 0 bridgehead atoms. The van der Waals surface area contributed by atoms with Gasteiger partial charge in [-0.3, -0.25) is 4.84 Å². The quantitative estimate of drug-likeness (QED) is 0.831. The molecule has 0 saturated carbocycles. The van der Waals surface area contributed by atoms with Crippen LogP contribution in [-0.4, -0.2) is 0 Å². The highest BCUT2D eigenvalue weighted by Gasteiger charge is 1.98. The Kier molecular flexibility index (Phi) is 3.83. The molecule has 0 heterocycles. The lowest BCUT2D eigenvalue weighted by atomic mass is 10.2. The molecular formula is C13H11ClFNO. The largest absolute Gasteiger partial charge is 0.489 e. The van der Waals surface area contributed by atoms with Crippen LogP contribution in [0.4, 0.5) is 10.1 Å². The molecule has 0 spiro atoms. The molecule has 17 heavy (non-hydrogen) atoms. The van der Waals surface area contributed by atoms with E-state index in [1.54, 1.807) is 30.3 Å². The molecule has 4 heteroatoms. The maximum atomic E-state index is 12.9. The van der Waals surface area contributed by atoms with Crippen LogP contribution in [0.15, 0.2) is 48.5 Å². The van der Waals surface area contributed by atoms with Crippen LogP contribution in [0.3, 0.4) is 0 Å². The van der Waals surface area contributed by atoms with Crippen molar-refractivity contribution < 1.29 is 9.13 Å². The van der Waals surface area contributed by atoms with Gasteiger partial charge in [0.25, 0.3) is 0 Å². The van der Waals surface area contributed by atoms with E-state index >= 15 is 0 Å². The molecule has 0 aliphatic heterocycles. The van der Waals surface area contributed by atoms with Crippen LogP contribution in [0.2, 0.25) is 0 Å². The third kappa shape index (κ3) is 3.36. The fourth-order valence-corrected chi connectivity index (χ4v) is 1.53. The molecule has 0 saturated heterocycles. The minimum atomic E-state index is -0.257. The lowest BCUT2D eigenvalue weighted by molar-refractivity contribution is 0.305. The minimum absolute atomic E-state index is 0.257. The van der Waals surface area contributed by atoms with Crippen LogP contribution in [0, 0.1) is 5.82 Å². The zero-order valence-electron chi connectivity index (χ0n) is 8.99. The Hall–Kier alpha value is -1.74. The third-order valence-corrected chi connectivity index (χ3v) is 2.48. The molecule has 0 fully saturated rings. The zero-order valence-corrected chi connectivity index (χ0v) is 9.75. The maximum absolute atomic E-state index is 12.9. The number of benzene rings is 2. The van der Waals surface area contributed by atoms with E-state index in [-0.39, 0.29) is 5.82 Å². The Balaban J connectivity index is 1.97. The summed E-state index contributed by atoms with van der Waals surface area (Å²) in [7, 11) is 0. The second kappa shape index (κ2) is 5.55. The predicted octanol–water partition coefficient (Wildman–Crippen LogP) is 3.97. The molecule has 0 aliphatic carbocycles. The van der Waals surface area contributed by atoms with E-state index in [9.17, 15) is 4.39 Å². The summed E-state index contributed by atoms with van der Waals surface area (Å²) in [5, 5.41) is 0. The van der Waals surface area contributed by atoms with Gasteiger partial charge in [0.05, 0.1) is 0 Å². The molecular weight excluding hydrogens is 241 g/mol. The molecule has 2 nitrogen and oxygen atoms in total.